The zero-order chi connectivity index (χ0) is 11.3. The maximum atomic E-state index is 11.5. The lowest BCUT2D eigenvalue weighted by Gasteiger charge is -2.07. The number of carbonyl (C=O) groups excluding carboxylic acids is 1. The van der Waals surface area contributed by atoms with Crippen molar-refractivity contribution in [3.05, 3.63) is 29.8 Å². The van der Waals surface area contributed by atoms with Crippen molar-refractivity contribution in [3.63, 3.8) is 0 Å². The van der Waals surface area contributed by atoms with Gasteiger partial charge in [0.2, 0.25) is 0 Å². The SMILES string of the molecule is CC(C#N)CNC(=O)c1ccccc1O. The Morgan fingerprint density at radius 1 is 1.60 bits per heavy atom. The van der Waals surface area contributed by atoms with E-state index in [1.54, 1.807) is 19.1 Å². The summed E-state index contributed by atoms with van der Waals surface area (Å²) in [5.74, 6) is -0.658. The average molecular weight is 204 g/mol. The molecule has 0 spiro atoms. The number of nitriles is 1. The van der Waals surface area contributed by atoms with Gasteiger partial charge in [-0.25, -0.2) is 0 Å². The smallest absolute Gasteiger partial charge is 0.255 e. The number of nitrogens with zero attached hydrogens (tertiary/aromatic N) is 1. The van der Waals surface area contributed by atoms with Gasteiger partial charge < -0.3 is 10.4 Å². The summed E-state index contributed by atoms with van der Waals surface area (Å²) < 4.78 is 0. The second kappa shape index (κ2) is 5.01. The second-order valence-corrected chi connectivity index (χ2v) is 3.26. The van der Waals surface area contributed by atoms with Gasteiger partial charge in [-0.15, -0.1) is 0 Å². The van der Waals surface area contributed by atoms with E-state index in [2.05, 4.69) is 5.32 Å². The quantitative estimate of drug-likeness (QED) is 0.779. The molecule has 1 atom stereocenters. The average Bonchev–Trinajstić information content (AvgIpc) is 2.26. The van der Waals surface area contributed by atoms with E-state index in [0.29, 0.717) is 0 Å². The van der Waals surface area contributed by atoms with Crippen LogP contribution >= 0.6 is 0 Å². The van der Waals surface area contributed by atoms with E-state index >= 15 is 0 Å². The third-order valence-corrected chi connectivity index (χ3v) is 1.94. The fraction of sp³-hybridized carbons (Fsp3) is 0.273. The number of rotatable bonds is 3. The molecule has 0 aliphatic carbocycles. The van der Waals surface area contributed by atoms with Gasteiger partial charge in [0.15, 0.2) is 0 Å². The molecule has 2 N–H and O–H groups in total. The molecule has 0 fully saturated rings. The van der Waals surface area contributed by atoms with Gasteiger partial charge in [-0.05, 0) is 19.1 Å². The van der Waals surface area contributed by atoms with Crippen molar-refractivity contribution in [1.29, 1.82) is 5.26 Å². The number of amides is 1. The van der Waals surface area contributed by atoms with Crippen molar-refractivity contribution < 1.29 is 9.90 Å². The van der Waals surface area contributed by atoms with Crippen LogP contribution in [0.1, 0.15) is 17.3 Å². The second-order valence-electron chi connectivity index (χ2n) is 3.26. The lowest BCUT2D eigenvalue weighted by atomic mass is 10.1. The summed E-state index contributed by atoms with van der Waals surface area (Å²) in [7, 11) is 0. The lowest BCUT2D eigenvalue weighted by molar-refractivity contribution is 0.0948. The maximum absolute atomic E-state index is 11.5. The van der Waals surface area contributed by atoms with Crippen LogP contribution in [0.3, 0.4) is 0 Å². The van der Waals surface area contributed by atoms with Crippen LogP contribution in [0.25, 0.3) is 0 Å². The van der Waals surface area contributed by atoms with Crippen LogP contribution in [0.15, 0.2) is 24.3 Å². The number of aromatic hydroxyl groups is 1. The van der Waals surface area contributed by atoms with Gasteiger partial charge in [0.05, 0.1) is 17.6 Å². The fourth-order valence-corrected chi connectivity index (χ4v) is 1.05. The number of phenolic OH excluding ortho intramolecular Hbond substituents is 1. The highest BCUT2D eigenvalue weighted by Gasteiger charge is 2.10. The Kier molecular flexibility index (Phi) is 3.69. The zero-order valence-electron chi connectivity index (χ0n) is 8.40. The van der Waals surface area contributed by atoms with Crippen molar-refractivity contribution in [3.8, 4) is 11.8 Å². The molecule has 0 saturated heterocycles. The van der Waals surface area contributed by atoms with Gasteiger partial charge in [-0.1, -0.05) is 12.1 Å². The molecule has 1 amide bonds. The summed E-state index contributed by atoms with van der Waals surface area (Å²) in [6.07, 6.45) is 0. The molecule has 15 heavy (non-hydrogen) atoms. The van der Waals surface area contributed by atoms with Crippen LogP contribution in [0.5, 0.6) is 5.75 Å². The van der Waals surface area contributed by atoms with E-state index in [0.717, 1.165) is 0 Å². The number of phenols is 1. The molecule has 0 bridgehead atoms. The predicted octanol–water partition coefficient (Wildman–Crippen LogP) is 1.28. The van der Waals surface area contributed by atoms with Crippen molar-refractivity contribution in [1.82, 2.24) is 5.32 Å². The van der Waals surface area contributed by atoms with Crippen LogP contribution in [-0.2, 0) is 0 Å². The van der Waals surface area contributed by atoms with Crippen molar-refractivity contribution in [2.75, 3.05) is 6.54 Å². The van der Waals surface area contributed by atoms with Gasteiger partial charge in [-0.3, -0.25) is 4.79 Å². The first kappa shape index (κ1) is 11.1. The van der Waals surface area contributed by atoms with Crippen molar-refractivity contribution in [2.24, 2.45) is 5.92 Å². The van der Waals surface area contributed by atoms with Gasteiger partial charge in [0.25, 0.3) is 5.91 Å². The summed E-state index contributed by atoms with van der Waals surface area (Å²) >= 11 is 0. The maximum Gasteiger partial charge on any atom is 0.255 e. The predicted molar refractivity (Wildman–Crippen MR) is 55.2 cm³/mol. The summed E-state index contributed by atoms with van der Waals surface area (Å²) in [6.45, 7) is 1.99. The molecule has 1 aromatic rings. The van der Waals surface area contributed by atoms with Crippen LogP contribution < -0.4 is 5.32 Å². The molecule has 1 aromatic carbocycles. The highest BCUT2D eigenvalue weighted by molar-refractivity contribution is 5.96. The minimum Gasteiger partial charge on any atom is -0.507 e. The fourth-order valence-electron chi connectivity index (χ4n) is 1.05. The first-order chi connectivity index (χ1) is 7.15. The zero-order valence-corrected chi connectivity index (χ0v) is 8.40. The van der Waals surface area contributed by atoms with E-state index in [9.17, 15) is 9.90 Å². The van der Waals surface area contributed by atoms with Gasteiger partial charge in [0.1, 0.15) is 5.75 Å². The number of para-hydroxylation sites is 1. The molecule has 0 aromatic heterocycles. The Hall–Kier alpha value is -2.02. The van der Waals surface area contributed by atoms with Crippen LogP contribution in [0, 0.1) is 17.2 Å². The van der Waals surface area contributed by atoms with Crippen LogP contribution in [0.2, 0.25) is 0 Å². The molecular weight excluding hydrogens is 192 g/mol. The van der Waals surface area contributed by atoms with E-state index in [4.69, 9.17) is 5.26 Å². The molecule has 0 saturated carbocycles. The summed E-state index contributed by atoms with van der Waals surface area (Å²) in [5.41, 5.74) is 0.225. The normalized spacial score (nSPS) is 11.5. The number of carbonyl (C=O) groups is 1. The van der Waals surface area contributed by atoms with Crippen molar-refractivity contribution in [2.45, 2.75) is 6.92 Å². The molecule has 0 radical (unpaired) electrons. The van der Waals surface area contributed by atoms with Gasteiger partial charge in [-0.2, -0.15) is 5.26 Å². The Morgan fingerprint density at radius 2 is 2.27 bits per heavy atom. The van der Waals surface area contributed by atoms with Crippen LogP contribution in [0.4, 0.5) is 0 Å². The first-order valence-corrected chi connectivity index (χ1v) is 4.61. The van der Waals surface area contributed by atoms with Gasteiger partial charge in [0, 0.05) is 6.54 Å². The molecule has 4 heteroatoms. The molecule has 0 aliphatic heterocycles. The molecule has 1 unspecified atom stereocenters. The minimum absolute atomic E-state index is 0.0559. The topological polar surface area (TPSA) is 73.1 Å². The molecule has 4 nitrogen and oxygen atoms in total. The number of hydrogen-bond acceptors (Lipinski definition) is 3. The molecule has 0 heterocycles. The van der Waals surface area contributed by atoms with E-state index in [1.807, 2.05) is 6.07 Å². The minimum atomic E-state index is -0.366. The Labute approximate surface area is 88.2 Å². The Bertz CT molecular complexity index is 396. The summed E-state index contributed by atoms with van der Waals surface area (Å²) in [4.78, 5) is 11.5. The third kappa shape index (κ3) is 2.99. The van der Waals surface area contributed by atoms with E-state index in [1.165, 1.54) is 12.1 Å². The monoisotopic (exact) mass is 204 g/mol. The lowest BCUT2D eigenvalue weighted by Crippen LogP contribution is -2.27. The Balaban J connectivity index is 2.63. The molecule has 0 aliphatic rings. The summed E-state index contributed by atoms with van der Waals surface area (Å²) in [6, 6.07) is 8.30. The number of nitrogens with one attached hydrogen (secondary N) is 1. The molecule has 78 valence electrons. The third-order valence-electron chi connectivity index (χ3n) is 1.94. The molecule has 1 rings (SSSR count). The highest BCUT2D eigenvalue weighted by Crippen LogP contribution is 2.14. The van der Waals surface area contributed by atoms with Crippen molar-refractivity contribution >= 4 is 5.91 Å². The largest absolute Gasteiger partial charge is 0.507 e. The van der Waals surface area contributed by atoms with E-state index < -0.39 is 0 Å². The number of hydrogen-bond donors (Lipinski definition) is 2. The number of benzene rings is 1. The Morgan fingerprint density at radius 3 is 2.87 bits per heavy atom. The summed E-state index contributed by atoms with van der Waals surface area (Å²) in [5, 5.41) is 20.5. The van der Waals surface area contributed by atoms with Gasteiger partial charge >= 0.3 is 0 Å². The van der Waals surface area contributed by atoms with E-state index in [-0.39, 0.29) is 29.7 Å². The molecular formula is C11H12N2O2. The first-order valence-electron chi connectivity index (χ1n) is 4.61. The highest BCUT2D eigenvalue weighted by atomic mass is 16.3. The standard InChI is InChI=1S/C11H12N2O2/c1-8(6-12)7-13-11(15)9-4-2-3-5-10(9)14/h2-5,8,14H,7H2,1H3,(H,13,15). The van der Waals surface area contributed by atoms with Crippen LogP contribution in [-0.4, -0.2) is 17.6 Å².